The van der Waals surface area contributed by atoms with Crippen LogP contribution in [0.25, 0.3) is 16.6 Å². The first-order chi connectivity index (χ1) is 14.5. The summed E-state index contributed by atoms with van der Waals surface area (Å²) in [6.45, 7) is 4.52. The van der Waals surface area contributed by atoms with Gasteiger partial charge in [0, 0.05) is 35.6 Å². The van der Waals surface area contributed by atoms with E-state index in [1.807, 2.05) is 56.3 Å². The maximum Gasteiger partial charge on any atom is 0.255 e. The van der Waals surface area contributed by atoms with Gasteiger partial charge in [-0.15, -0.1) is 0 Å². The maximum absolute atomic E-state index is 12.7. The lowest BCUT2D eigenvalue weighted by Crippen LogP contribution is -2.28. The molecule has 2 heterocycles. The Bertz CT molecular complexity index is 1290. The van der Waals surface area contributed by atoms with Crippen molar-refractivity contribution in [2.45, 2.75) is 20.3 Å². The van der Waals surface area contributed by atoms with Crippen LogP contribution in [-0.2, 0) is 6.42 Å². The summed E-state index contributed by atoms with van der Waals surface area (Å²) in [6.07, 6.45) is 2.23. The molecule has 2 N–H and O–H groups in total. The zero-order valence-corrected chi connectivity index (χ0v) is 17.6. The van der Waals surface area contributed by atoms with Crippen molar-refractivity contribution in [2.75, 3.05) is 6.54 Å². The van der Waals surface area contributed by atoms with Crippen LogP contribution in [0.1, 0.15) is 27.2 Å². The summed E-state index contributed by atoms with van der Waals surface area (Å²) < 4.78 is 1.47. The molecule has 0 saturated heterocycles. The van der Waals surface area contributed by atoms with Crippen LogP contribution in [0.5, 0.6) is 0 Å². The van der Waals surface area contributed by atoms with Crippen molar-refractivity contribution in [3.63, 3.8) is 0 Å². The van der Waals surface area contributed by atoms with Gasteiger partial charge in [0.25, 0.3) is 11.5 Å². The number of carbonyl (C=O) groups is 1. The summed E-state index contributed by atoms with van der Waals surface area (Å²) in [5.41, 5.74) is 5.30. The van der Waals surface area contributed by atoms with Crippen LogP contribution in [-0.4, -0.2) is 22.0 Å². The molecule has 0 unspecified atom stereocenters. The number of para-hydroxylation sites is 1. The number of H-pyrrole nitrogens is 1. The van der Waals surface area contributed by atoms with Gasteiger partial charge in [-0.2, -0.15) is 0 Å². The van der Waals surface area contributed by atoms with E-state index in [2.05, 4.69) is 10.3 Å². The SMILES string of the molecule is Cc1[nH]c2c(C)ccc(Cl)c2c1CCNC(=O)c1ccc(=O)n(-c2ccccc2)c1. The Kier molecular flexibility index (Phi) is 5.46. The molecule has 0 fully saturated rings. The van der Waals surface area contributed by atoms with Crippen LogP contribution in [0.2, 0.25) is 5.02 Å². The Hall–Kier alpha value is -3.31. The number of carbonyl (C=O) groups excluding carboxylic acids is 1. The number of nitrogens with one attached hydrogen (secondary N) is 2. The molecular formula is C24H22ClN3O2. The molecule has 2 aromatic carbocycles. The topological polar surface area (TPSA) is 66.9 Å². The zero-order chi connectivity index (χ0) is 21.3. The van der Waals surface area contributed by atoms with Crippen LogP contribution >= 0.6 is 11.6 Å². The summed E-state index contributed by atoms with van der Waals surface area (Å²) in [5, 5.41) is 4.67. The second kappa shape index (κ2) is 8.20. The molecule has 0 aliphatic carbocycles. The van der Waals surface area contributed by atoms with Gasteiger partial charge in [-0.25, -0.2) is 0 Å². The fourth-order valence-corrected chi connectivity index (χ4v) is 3.99. The summed E-state index contributed by atoms with van der Waals surface area (Å²) in [6, 6.07) is 16.1. The third-order valence-corrected chi connectivity index (χ3v) is 5.61. The number of aromatic amines is 1. The number of hydrogen-bond donors (Lipinski definition) is 2. The van der Waals surface area contributed by atoms with Crippen molar-refractivity contribution in [2.24, 2.45) is 0 Å². The van der Waals surface area contributed by atoms with Gasteiger partial charge in [-0.05, 0) is 55.7 Å². The average molecular weight is 420 g/mol. The highest BCUT2D eigenvalue weighted by Crippen LogP contribution is 2.31. The number of halogens is 1. The van der Waals surface area contributed by atoms with Gasteiger partial charge in [-0.3, -0.25) is 14.2 Å². The molecule has 1 amide bonds. The van der Waals surface area contributed by atoms with E-state index >= 15 is 0 Å². The van der Waals surface area contributed by atoms with Gasteiger partial charge in [0.1, 0.15) is 0 Å². The van der Waals surface area contributed by atoms with Crippen molar-refractivity contribution in [3.05, 3.63) is 98.6 Å². The molecule has 2 aromatic heterocycles. The predicted octanol–water partition coefficient (Wildman–Crippen LogP) is 4.56. The van der Waals surface area contributed by atoms with Crippen LogP contribution < -0.4 is 10.9 Å². The van der Waals surface area contributed by atoms with E-state index in [1.165, 1.54) is 10.6 Å². The summed E-state index contributed by atoms with van der Waals surface area (Å²) in [7, 11) is 0. The van der Waals surface area contributed by atoms with E-state index in [4.69, 9.17) is 11.6 Å². The van der Waals surface area contributed by atoms with Crippen LogP contribution in [0.4, 0.5) is 0 Å². The third kappa shape index (κ3) is 3.76. The molecule has 0 atom stereocenters. The van der Waals surface area contributed by atoms with Gasteiger partial charge in [0.05, 0.1) is 16.1 Å². The van der Waals surface area contributed by atoms with E-state index in [0.717, 1.165) is 33.4 Å². The maximum atomic E-state index is 12.7. The normalized spacial score (nSPS) is 11.0. The first-order valence-corrected chi connectivity index (χ1v) is 10.2. The Labute approximate surface area is 179 Å². The highest BCUT2D eigenvalue weighted by Gasteiger charge is 2.14. The highest BCUT2D eigenvalue weighted by molar-refractivity contribution is 6.35. The minimum atomic E-state index is -0.223. The molecule has 30 heavy (non-hydrogen) atoms. The molecule has 0 spiro atoms. The summed E-state index contributed by atoms with van der Waals surface area (Å²) >= 11 is 6.44. The van der Waals surface area contributed by atoms with Gasteiger partial charge in [0.2, 0.25) is 0 Å². The van der Waals surface area contributed by atoms with Crippen molar-refractivity contribution >= 4 is 28.4 Å². The van der Waals surface area contributed by atoms with Crippen LogP contribution in [0.3, 0.4) is 0 Å². The van der Waals surface area contributed by atoms with E-state index in [0.29, 0.717) is 23.6 Å². The van der Waals surface area contributed by atoms with Gasteiger partial charge in [-0.1, -0.05) is 35.9 Å². The monoisotopic (exact) mass is 419 g/mol. The Morgan fingerprint density at radius 2 is 1.83 bits per heavy atom. The first kappa shape index (κ1) is 20.0. The number of aryl methyl sites for hydroxylation is 2. The van der Waals surface area contributed by atoms with E-state index in [-0.39, 0.29) is 11.5 Å². The fraction of sp³-hybridized carbons (Fsp3) is 0.167. The Morgan fingerprint density at radius 1 is 1.07 bits per heavy atom. The standard InChI is InChI=1S/C24H22ClN3O2/c1-15-8-10-20(25)22-19(16(2)27-23(15)22)12-13-26-24(30)17-9-11-21(29)28(14-17)18-6-4-3-5-7-18/h3-11,14,27H,12-13H2,1-2H3,(H,26,30). The minimum absolute atomic E-state index is 0.183. The lowest BCUT2D eigenvalue weighted by Gasteiger charge is -2.09. The molecule has 4 rings (SSSR count). The number of nitrogens with zero attached hydrogens (tertiary/aromatic N) is 1. The number of benzene rings is 2. The Morgan fingerprint density at radius 3 is 2.60 bits per heavy atom. The number of amides is 1. The summed E-state index contributed by atoms with van der Waals surface area (Å²) in [5.74, 6) is -0.223. The number of fused-ring (bicyclic) bond motifs is 1. The molecular weight excluding hydrogens is 398 g/mol. The molecule has 0 saturated carbocycles. The smallest absolute Gasteiger partial charge is 0.255 e. The second-order valence-corrected chi connectivity index (χ2v) is 7.72. The number of pyridine rings is 1. The highest BCUT2D eigenvalue weighted by atomic mass is 35.5. The average Bonchev–Trinajstić information content (AvgIpc) is 3.09. The summed E-state index contributed by atoms with van der Waals surface area (Å²) in [4.78, 5) is 28.3. The van der Waals surface area contributed by atoms with Crippen molar-refractivity contribution in [1.29, 1.82) is 0 Å². The van der Waals surface area contributed by atoms with Gasteiger partial charge >= 0.3 is 0 Å². The van der Waals surface area contributed by atoms with Crippen molar-refractivity contribution in [3.8, 4) is 5.69 Å². The number of rotatable bonds is 5. The predicted molar refractivity (Wildman–Crippen MR) is 121 cm³/mol. The molecule has 0 aliphatic heterocycles. The second-order valence-electron chi connectivity index (χ2n) is 7.31. The lowest BCUT2D eigenvalue weighted by atomic mass is 10.1. The van der Waals surface area contributed by atoms with E-state index in [1.54, 1.807) is 12.3 Å². The number of hydrogen-bond acceptors (Lipinski definition) is 2. The molecule has 0 radical (unpaired) electrons. The van der Waals surface area contributed by atoms with Crippen LogP contribution in [0.15, 0.2) is 65.6 Å². The molecule has 0 bridgehead atoms. The number of aromatic nitrogens is 2. The minimum Gasteiger partial charge on any atom is -0.358 e. The lowest BCUT2D eigenvalue weighted by molar-refractivity contribution is 0.0953. The zero-order valence-electron chi connectivity index (χ0n) is 16.8. The van der Waals surface area contributed by atoms with Crippen molar-refractivity contribution < 1.29 is 4.79 Å². The largest absolute Gasteiger partial charge is 0.358 e. The molecule has 152 valence electrons. The molecule has 5 nitrogen and oxygen atoms in total. The molecule has 6 heteroatoms. The quantitative estimate of drug-likeness (QED) is 0.498. The third-order valence-electron chi connectivity index (χ3n) is 5.30. The van der Waals surface area contributed by atoms with Gasteiger partial charge < -0.3 is 10.3 Å². The molecule has 0 aliphatic rings. The Balaban J connectivity index is 1.52. The van der Waals surface area contributed by atoms with Crippen molar-refractivity contribution in [1.82, 2.24) is 14.9 Å². The van der Waals surface area contributed by atoms with Crippen LogP contribution in [0, 0.1) is 13.8 Å². The fourth-order valence-electron chi connectivity index (χ4n) is 3.72. The van der Waals surface area contributed by atoms with E-state index < -0.39 is 0 Å². The van der Waals surface area contributed by atoms with Gasteiger partial charge in [0.15, 0.2) is 0 Å². The van der Waals surface area contributed by atoms with E-state index in [9.17, 15) is 9.59 Å². The molecule has 4 aromatic rings. The first-order valence-electron chi connectivity index (χ1n) is 9.78.